The summed E-state index contributed by atoms with van der Waals surface area (Å²) in [5, 5.41) is 6.49. The van der Waals surface area contributed by atoms with Crippen LogP contribution in [0.4, 0.5) is 18.9 Å². The highest BCUT2D eigenvalue weighted by Crippen LogP contribution is 2.30. The summed E-state index contributed by atoms with van der Waals surface area (Å²) >= 11 is 0. The molecule has 0 atom stereocenters. The predicted molar refractivity (Wildman–Crippen MR) is 114 cm³/mol. The van der Waals surface area contributed by atoms with Gasteiger partial charge in [-0.3, -0.25) is 9.89 Å². The Balaban J connectivity index is 1.87. The normalized spacial score (nSPS) is 16.4. The maximum atomic E-state index is 12.5. The molecule has 1 aromatic carbocycles. The number of anilines is 1. The van der Waals surface area contributed by atoms with E-state index in [1.807, 2.05) is 32.0 Å². The lowest BCUT2D eigenvalue weighted by Gasteiger charge is -2.32. The molecule has 6 nitrogen and oxygen atoms in total. The van der Waals surface area contributed by atoms with Crippen LogP contribution in [0.5, 0.6) is 11.5 Å². The first-order valence-electron chi connectivity index (χ1n) is 10.5. The van der Waals surface area contributed by atoms with Crippen molar-refractivity contribution < 1.29 is 22.6 Å². The average molecular weight is 431 g/mol. The van der Waals surface area contributed by atoms with Gasteiger partial charge in [-0.25, -0.2) is 0 Å². The van der Waals surface area contributed by atoms with E-state index in [0.29, 0.717) is 49.6 Å². The number of benzene rings is 1. The third-order valence-electron chi connectivity index (χ3n) is 4.99. The average Bonchev–Trinajstić information content (AvgIpc) is 2.69. The first kappa shape index (κ1) is 24.1. The minimum absolute atomic E-state index is 0.409. The van der Waals surface area contributed by atoms with E-state index in [9.17, 15) is 13.2 Å². The third-order valence-corrected chi connectivity index (χ3v) is 4.99. The van der Waals surface area contributed by atoms with Crippen molar-refractivity contribution in [2.24, 2.45) is 10.9 Å². The number of piperidine rings is 1. The maximum absolute atomic E-state index is 12.5. The fourth-order valence-corrected chi connectivity index (χ4v) is 3.51. The van der Waals surface area contributed by atoms with E-state index in [1.165, 1.54) is 4.90 Å². The number of nitrogens with one attached hydrogen (secondary N) is 2. The quantitative estimate of drug-likeness (QED) is 0.456. The van der Waals surface area contributed by atoms with Crippen molar-refractivity contribution in [3.63, 3.8) is 0 Å². The van der Waals surface area contributed by atoms with Gasteiger partial charge in [-0.2, -0.15) is 13.2 Å². The molecule has 0 radical (unpaired) electrons. The van der Waals surface area contributed by atoms with Gasteiger partial charge in [0.25, 0.3) is 0 Å². The van der Waals surface area contributed by atoms with E-state index in [2.05, 4.69) is 15.6 Å². The van der Waals surface area contributed by atoms with Crippen molar-refractivity contribution >= 4 is 11.6 Å². The zero-order valence-corrected chi connectivity index (χ0v) is 18.0. The zero-order chi connectivity index (χ0) is 22.0. The van der Waals surface area contributed by atoms with Gasteiger partial charge in [-0.15, -0.1) is 0 Å². The van der Waals surface area contributed by atoms with Gasteiger partial charge in [0.2, 0.25) is 0 Å². The molecule has 0 spiro atoms. The van der Waals surface area contributed by atoms with Crippen molar-refractivity contribution in [1.29, 1.82) is 0 Å². The maximum Gasteiger partial charge on any atom is 0.401 e. The molecule has 1 aliphatic rings. The number of likely N-dealkylation sites (tertiary alicyclic amines) is 1. The molecule has 9 heteroatoms. The smallest absolute Gasteiger partial charge is 0.401 e. The number of hydrogen-bond acceptors (Lipinski definition) is 4. The highest BCUT2D eigenvalue weighted by molar-refractivity contribution is 5.93. The molecule has 1 saturated heterocycles. The van der Waals surface area contributed by atoms with Crippen LogP contribution < -0.4 is 20.1 Å². The fourth-order valence-electron chi connectivity index (χ4n) is 3.51. The van der Waals surface area contributed by atoms with Gasteiger partial charge in [0.15, 0.2) is 17.5 Å². The minimum Gasteiger partial charge on any atom is -0.493 e. The molecule has 1 heterocycles. The summed E-state index contributed by atoms with van der Waals surface area (Å²) in [7, 11) is 1.60. The molecular formula is C21H33F3N4O2. The largest absolute Gasteiger partial charge is 0.493 e. The zero-order valence-electron chi connectivity index (χ0n) is 18.0. The lowest BCUT2D eigenvalue weighted by atomic mass is 9.93. The molecule has 170 valence electrons. The van der Waals surface area contributed by atoms with Crippen molar-refractivity contribution in [2.75, 3.05) is 51.8 Å². The first-order valence-corrected chi connectivity index (χ1v) is 10.5. The van der Waals surface area contributed by atoms with Crippen LogP contribution in [0.1, 0.15) is 33.1 Å². The van der Waals surface area contributed by atoms with E-state index < -0.39 is 12.7 Å². The number of hydrogen-bond donors (Lipinski definition) is 2. The van der Waals surface area contributed by atoms with Gasteiger partial charge >= 0.3 is 6.18 Å². The molecule has 1 aliphatic heterocycles. The number of halogens is 3. The second kappa shape index (κ2) is 11.9. The highest BCUT2D eigenvalue weighted by Gasteiger charge is 2.32. The van der Waals surface area contributed by atoms with E-state index in [0.717, 1.165) is 31.5 Å². The summed E-state index contributed by atoms with van der Waals surface area (Å²) in [6.45, 7) is 5.97. The number of methoxy groups -OCH3 is 1. The van der Waals surface area contributed by atoms with Crippen LogP contribution in [0.2, 0.25) is 0 Å². The van der Waals surface area contributed by atoms with Crippen molar-refractivity contribution in [2.45, 2.75) is 39.3 Å². The van der Waals surface area contributed by atoms with Gasteiger partial charge in [0.05, 0.1) is 20.3 Å². The number of alkyl halides is 3. The Labute approximate surface area is 176 Å². The predicted octanol–water partition coefficient (Wildman–Crippen LogP) is 4.14. The van der Waals surface area contributed by atoms with E-state index in [4.69, 9.17) is 9.47 Å². The topological polar surface area (TPSA) is 58.1 Å². The molecule has 0 unspecified atom stereocenters. The van der Waals surface area contributed by atoms with E-state index in [-0.39, 0.29) is 0 Å². The van der Waals surface area contributed by atoms with Gasteiger partial charge in [-0.1, -0.05) is 0 Å². The molecule has 0 amide bonds. The Morgan fingerprint density at radius 2 is 1.93 bits per heavy atom. The molecule has 2 N–H and O–H groups in total. The Morgan fingerprint density at radius 1 is 1.20 bits per heavy atom. The first-order chi connectivity index (χ1) is 14.3. The monoisotopic (exact) mass is 430 g/mol. The summed E-state index contributed by atoms with van der Waals surface area (Å²) in [5.41, 5.74) is 0.833. The van der Waals surface area contributed by atoms with Crippen molar-refractivity contribution in [1.82, 2.24) is 10.2 Å². The molecule has 2 rings (SSSR count). The Hall–Kier alpha value is -2.16. The summed E-state index contributed by atoms with van der Waals surface area (Å²) in [4.78, 5) is 6.12. The molecule has 0 bridgehead atoms. The molecule has 0 aromatic heterocycles. The van der Waals surface area contributed by atoms with Crippen LogP contribution in [0.25, 0.3) is 0 Å². The summed E-state index contributed by atoms with van der Waals surface area (Å²) in [5.74, 6) is 2.40. The summed E-state index contributed by atoms with van der Waals surface area (Å²) in [6.07, 6.45) is -1.69. The van der Waals surface area contributed by atoms with Crippen LogP contribution in [0.15, 0.2) is 23.2 Å². The summed E-state index contributed by atoms with van der Waals surface area (Å²) in [6, 6.07) is 5.60. The van der Waals surface area contributed by atoms with Crippen molar-refractivity contribution in [3.05, 3.63) is 18.2 Å². The molecule has 1 fully saturated rings. The minimum atomic E-state index is -4.12. The number of aliphatic imine (C=N–C) groups is 1. The number of ether oxygens (including phenoxy) is 2. The third kappa shape index (κ3) is 8.30. The van der Waals surface area contributed by atoms with Crippen LogP contribution in [0, 0.1) is 5.92 Å². The molecular weight excluding hydrogens is 397 g/mol. The van der Waals surface area contributed by atoms with E-state index >= 15 is 0 Å². The lowest BCUT2D eigenvalue weighted by molar-refractivity contribution is -0.148. The van der Waals surface area contributed by atoms with Gasteiger partial charge in [-0.05, 0) is 64.3 Å². The second-order valence-electron chi connectivity index (χ2n) is 7.31. The molecule has 30 heavy (non-hydrogen) atoms. The van der Waals surface area contributed by atoms with Crippen LogP contribution in [-0.4, -0.2) is 63.5 Å². The lowest BCUT2D eigenvalue weighted by Crippen LogP contribution is -2.40. The van der Waals surface area contributed by atoms with Crippen LogP contribution in [-0.2, 0) is 0 Å². The number of nitrogens with zero attached hydrogens (tertiary/aromatic N) is 2. The molecule has 1 aromatic rings. The molecule has 0 aliphatic carbocycles. The van der Waals surface area contributed by atoms with Gasteiger partial charge in [0.1, 0.15) is 0 Å². The Morgan fingerprint density at radius 3 is 2.53 bits per heavy atom. The highest BCUT2D eigenvalue weighted by atomic mass is 19.4. The number of rotatable bonds is 9. The van der Waals surface area contributed by atoms with E-state index in [1.54, 1.807) is 7.11 Å². The standard InChI is InChI=1S/C21H33F3N4O2/c1-4-25-20(27-17-6-7-18(29-3)19(14-17)30-5-2)26-11-8-16-9-12-28(13-10-16)15-21(22,23)24/h6-7,14,16H,4-5,8-13,15H2,1-3H3,(H2,25,26,27). The van der Waals surface area contributed by atoms with Gasteiger partial charge < -0.3 is 20.1 Å². The van der Waals surface area contributed by atoms with Crippen molar-refractivity contribution in [3.8, 4) is 11.5 Å². The van der Waals surface area contributed by atoms with Gasteiger partial charge in [0, 0.05) is 24.8 Å². The second-order valence-corrected chi connectivity index (χ2v) is 7.31. The Kier molecular flexibility index (Phi) is 9.55. The molecule has 0 saturated carbocycles. The fraction of sp³-hybridized carbons (Fsp3) is 0.667. The summed E-state index contributed by atoms with van der Waals surface area (Å²) < 4.78 is 48.4. The number of guanidine groups is 1. The Bertz CT molecular complexity index is 675. The van der Waals surface area contributed by atoms with Crippen LogP contribution >= 0.6 is 0 Å². The van der Waals surface area contributed by atoms with Crippen LogP contribution in [0.3, 0.4) is 0 Å². The SMILES string of the molecule is CCNC(=NCCC1CCN(CC(F)(F)F)CC1)Nc1ccc(OC)c(OCC)c1.